The van der Waals surface area contributed by atoms with Crippen molar-refractivity contribution in [3.05, 3.63) is 0 Å². The van der Waals surface area contributed by atoms with E-state index >= 15 is 0 Å². The van der Waals surface area contributed by atoms with E-state index in [0.29, 0.717) is 13.0 Å². The van der Waals surface area contributed by atoms with E-state index < -0.39 is 11.6 Å². The van der Waals surface area contributed by atoms with E-state index in [1.54, 1.807) is 0 Å². The third-order valence-electron chi connectivity index (χ3n) is 2.95. The summed E-state index contributed by atoms with van der Waals surface area (Å²) >= 11 is 0. The summed E-state index contributed by atoms with van der Waals surface area (Å²) in [6, 6.07) is 0.237. The van der Waals surface area contributed by atoms with Crippen molar-refractivity contribution in [1.29, 1.82) is 0 Å². The van der Waals surface area contributed by atoms with Crippen LogP contribution in [0.4, 0.5) is 4.39 Å². The molecule has 4 heteroatoms. The van der Waals surface area contributed by atoms with Crippen molar-refractivity contribution in [3.63, 3.8) is 0 Å². The van der Waals surface area contributed by atoms with Crippen LogP contribution in [-0.2, 0) is 4.79 Å². The summed E-state index contributed by atoms with van der Waals surface area (Å²) in [5.74, 6) is -0.415. The summed E-state index contributed by atoms with van der Waals surface area (Å²) in [5, 5.41) is 5.61. The zero-order valence-electron chi connectivity index (χ0n) is 7.61. The van der Waals surface area contributed by atoms with Gasteiger partial charge in [-0.05, 0) is 25.8 Å². The summed E-state index contributed by atoms with van der Waals surface area (Å²) in [7, 11) is 0. The Labute approximate surface area is 77.1 Å². The largest absolute Gasteiger partial charge is 0.351 e. The molecule has 2 rings (SSSR count). The predicted octanol–water partition coefficient (Wildman–Crippen LogP) is 0.357. The molecule has 74 valence electrons. The standard InChI is InChI=1S/C9H15FN2O/c10-9(4-5-11-6-9)8(13)12-7-2-1-3-7/h7,11H,1-6H2,(H,12,13). The highest BCUT2D eigenvalue weighted by Gasteiger charge is 2.42. The summed E-state index contributed by atoms with van der Waals surface area (Å²) in [4.78, 5) is 11.4. The van der Waals surface area contributed by atoms with E-state index in [1.165, 1.54) is 0 Å². The third kappa shape index (κ3) is 1.68. The van der Waals surface area contributed by atoms with Gasteiger partial charge in [0.25, 0.3) is 5.91 Å². The maximum absolute atomic E-state index is 13.8. The number of hydrogen-bond acceptors (Lipinski definition) is 2. The minimum absolute atomic E-state index is 0.172. The maximum Gasteiger partial charge on any atom is 0.259 e. The van der Waals surface area contributed by atoms with Crippen LogP contribution in [0.1, 0.15) is 25.7 Å². The van der Waals surface area contributed by atoms with E-state index in [1.807, 2.05) is 0 Å². The molecule has 1 atom stereocenters. The Morgan fingerprint density at radius 1 is 1.54 bits per heavy atom. The van der Waals surface area contributed by atoms with Gasteiger partial charge in [-0.1, -0.05) is 0 Å². The number of amides is 1. The van der Waals surface area contributed by atoms with Crippen LogP contribution in [0.15, 0.2) is 0 Å². The van der Waals surface area contributed by atoms with Crippen LogP contribution in [-0.4, -0.2) is 30.7 Å². The molecule has 2 fully saturated rings. The smallest absolute Gasteiger partial charge is 0.259 e. The van der Waals surface area contributed by atoms with E-state index in [0.717, 1.165) is 19.3 Å². The molecule has 2 aliphatic rings. The second kappa shape index (κ2) is 3.25. The van der Waals surface area contributed by atoms with Gasteiger partial charge in [-0.25, -0.2) is 4.39 Å². The molecular formula is C9H15FN2O. The Bertz CT molecular complexity index is 210. The second-order valence-electron chi connectivity index (χ2n) is 3.99. The lowest BCUT2D eigenvalue weighted by Crippen LogP contribution is -2.50. The number of nitrogens with one attached hydrogen (secondary N) is 2. The van der Waals surface area contributed by atoms with Crippen LogP contribution in [0, 0.1) is 0 Å². The summed E-state index contributed by atoms with van der Waals surface area (Å²) in [6.45, 7) is 0.778. The lowest BCUT2D eigenvalue weighted by Gasteiger charge is -2.29. The van der Waals surface area contributed by atoms with Crippen LogP contribution in [0.5, 0.6) is 0 Å². The molecule has 1 heterocycles. The Hall–Kier alpha value is -0.640. The van der Waals surface area contributed by atoms with Gasteiger partial charge in [0.15, 0.2) is 0 Å². The van der Waals surface area contributed by atoms with Crippen molar-refractivity contribution in [2.45, 2.75) is 37.4 Å². The van der Waals surface area contributed by atoms with Crippen LogP contribution in [0.2, 0.25) is 0 Å². The normalized spacial score (nSPS) is 34.2. The molecule has 0 radical (unpaired) electrons. The van der Waals surface area contributed by atoms with Gasteiger partial charge in [-0.15, -0.1) is 0 Å². The molecular weight excluding hydrogens is 171 g/mol. The minimum atomic E-state index is -1.64. The molecule has 0 spiro atoms. The van der Waals surface area contributed by atoms with E-state index in [-0.39, 0.29) is 12.6 Å². The first-order valence-corrected chi connectivity index (χ1v) is 4.91. The molecule has 1 saturated carbocycles. The van der Waals surface area contributed by atoms with Gasteiger partial charge >= 0.3 is 0 Å². The van der Waals surface area contributed by atoms with Gasteiger partial charge in [-0.3, -0.25) is 4.79 Å². The van der Waals surface area contributed by atoms with Gasteiger partial charge in [0.05, 0.1) is 0 Å². The SMILES string of the molecule is O=C(NC1CCC1)C1(F)CCNC1. The second-order valence-corrected chi connectivity index (χ2v) is 3.99. The number of hydrogen-bond donors (Lipinski definition) is 2. The zero-order valence-corrected chi connectivity index (χ0v) is 7.61. The highest BCUT2D eigenvalue weighted by Crippen LogP contribution is 2.23. The van der Waals surface area contributed by atoms with Gasteiger partial charge in [0, 0.05) is 19.0 Å². The van der Waals surface area contributed by atoms with Gasteiger partial charge < -0.3 is 10.6 Å². The first-order chi connectivity index (χ1) is 6.21. The average molecular weight is 186 g/mol. The first-order valence-electron chi connectivity index (χ1n) is 4.91. The van der Waals surface area contributed by atoms with Crippen LogP contribution in [0.3, 0.4) is 0 Å². The maximum atomic E-state index is 13.8. The Morgan fingerprint density at radius 2 is 2.31 bits per heavy atom. The van der Waals surface area contributed by atoms with Crippen LogP contribution >= 0.6 is 0 Å². The highest BCUT2D eigenvalue weighted by molar-refractivity contribution is 5.86. The average Bonchev–Trinajstić information content (AvgIpc) is 2.45. The van der Waals surface area contributed by atoms with Crippen molar-refractivity contribution in [2.75, 3.05) is 13.1 Å². The molecule has 0 aromatic rings. The summed E-state index contributed by atoms with van der Waals surface area (Å²) in [5.41, 5.74) is -1.64. The van der Waals surface area contributed by atoms with Gasteiger partial charge in [0.2, 0.25) is 5.67 Å². The fourth-order valence-corrected chi connectivity index (χ4v) is 1.72. The summed E-state index contributed by atoms with van der Waals surface area (Å²) in [6.07, 6.45) is 3.48. The fourth-order valence-electron chi connectivity index (χ4n) is 1.72. The van der Waals surface area contributed by atoms with Crippen LogP contribution in [0.25, 0.3) is 0 Å². The fraction of sp³-hybridized carbons (Fsp3) is 0.889. The van der Waals surface area contributed by atoms with Crippen LogP contribution < -0.4 is 10.6 Å². The van der Waals surface area contributed by atoms with Crippen molar-refractivity contribution in [3.8, 4) is 0 Å². The van der Waals surface area contributed by atoms with Crippen molar-refractivity contribution in [2.24, 2.45) is 0 Å². The number of carbonyl (C=O) groups is 1. The lowest BCUT2D eigenvalue weighted by atomic mass is 9.92. The number of carbonyl (C=O) groups excluding carboxylic acids is 1. The quantitative estimate of drug-likeness (QED) is 0.653. The highest BCUT2D eigenvalue weighted by atomic mass is 19.1. The Balaban J connectivity index is 1.87. The summed E-state index contributed by atoms with van der Waals surface area (Å²) < 4.78 is 13.8. The topological polar surface area (TPSA) is 41.1 Å². The first kappa shape index (κ1) is 8.94. The molecule has 1 unspecified atom stereocenters. The molecule has 0 aromatic heterocycles. The molecule has 1 aliphatic carbocycles. The van der Waals surface area contributed by atoms with Gasteiger partial charge in [0.1, 0.15) is 0 Å². The number of halogens is 1. The number of alkyl halides is 1. The van der Waals surface area contributed by atoms with E-state index in [2.05, 4.69) is 10.6 Å². The lowest BCUT2D eigenvalue weighted by molar-refractivity contribution is -0.133. The van der Waals surface area contributed by atoms with Crippen molar-refractivity contribution >= 4 is 5.91 Å². The molecule has 1 amide bonds. The minimum Gasteiger partial charge on any atom is -0.351 e. The van der Waals surface area contributed by atoms with Gasteiger partial charge in [-0.2, -0.15) is 0 Å². The molecule has 3 nitrogen and oxygen atoms in total. The molecule has 13 heavy (non-hydrogen) atoms. The predicted molar refractivity (Wildman–Crippen MR) is 47.1 cm³/mol. The molecule has 0 bridgehead atoms. The molecule has 2 N–H and O–H groups in total. The van der Waals surface area contributed by atoms with E-state index in [9.17, 15) is 9.18 Å². The monoisotopic (exact) mass is 186 g/mol. The molecule has 1 saturated heterocycles. The Morgan fingerprint density at radius 3 is 2.77 bits per heavy atom. The van der Waals surface area contributed by atoms with Crippen molar-refractivity contribution in [1.82, 2.24) is 10.6 Å². The molecule has 1 aliphatic heterocycles. The molecule has 0 aromatic carbocycles. The van der Waals surface area contributed by atoms with Crippen molar-refractivity contribution < 1.29 is 9.18 Å². The Kier molecular flexibility index (Phi) is 2.24. The third-order valence-corrected chi connectivity index (χ3v) is 2.95. The number of rotatable bonds is 2. The zero-order chi connectivity index (χ0) is 9.31. The van der Waals surface area contributed by atoms with E-state index in [4.69, 9.17) is 0 Å².